The number of rotatable bonds is 1. The van der Waals surface area contributed by atoms with E-state index in [0.29, 0.717) is 0 Å². The van der Waals surface area contributed by atoms with Crippen molar-refractivity contribution in [2.45, 2.75) is 18.3 Å². The number of nitro benzene ring substituents is 1. The molecule has 8 rings (SSSR count). The predicted molar refractivity (Wildman–Crippen MR) is 99.9 cm³/mol. The summed E-state index contributed by atoms with van der Waals surface area (Å²) in [6.07, 6.45) is 4.89. The molecule has 1 saturated carbocycles. The average molecular weight is 385 g/mol. The summed E-state index contributed by atoms with van der Waals surface area (Å²) in [5.41, 5.74) is 1.80. The molecule has 6 aliphatic rings. The van der Waals surface area contributed by atoms with Crippen molar-refractivity contribution in [3.63, 3.8) is 0 Å². The number of hydrogen-bond donors (Lipinski definition) is 0. The van der Waals surface area contributed by atoms with E-state index in [0.717, 1.165) is 28.7 Å². The summed E-state index contributed by atoms with van der Waals surface area (Å²) in [4.78, 5) is 37.9. The summed E-state index contributed by atoms with van der Waals surface area (Å²) in [7, 11) is 0. The standard InChI is InChI=1S/C23H15NO5/c25-20-22-11-5-6-12(9-11)23(22,21(26)29-20)19-15-4-2-1-3-14(15)18(22)16-8-7-13(24(27)28)10-17(16)19/h1-8,10-12,18-19H,9H2/t11-,12+,18-,19+,22-,23+/m1/s1. The second-order valence-corrected chi connectivity index (χ2v) is 8.81. The first-order valence-corrected chi connectivity index (χ1v) is 9.85. The van der Waals surface area contributed by atoms with Gasteiger partial charge in [-0.25, -0.2) is 0 Å². The van der Waals surface area contributed by atoms with Gasteiger partial charge in [-0.1, -0.05) is 42.5 Å². The van der Waals surface area contributed by atoms with Crippen LogP contribution < -0.4 is 0 Å². The Balaban J connectivity index is 1.67. The van der Waals surface area contributed by atoms with E-state index < -0.39 is 33.6 Å². The number of esters is 2. The van der Waals surface area contributed by atoms with E-state index in [1.807, 2.05) is 24.3 Å². The number of benzene rings is 2. The first-order valence-electron chi connectivity index (χ1n) is 9.85. The topological polar surface area (TPSA) is 86.5 Å². The lowest BCUT2D eigenvalue weighted by atomic mass is 9.38. The fourth-order valence-electron chi connectivity index (χ4n) is 7.56. The summed E-state index contributed by atoms with van der Waals surface area (Å²) in [5.74, 6) is -1.79. The Morgan fingerprint density at radius 2 is 1.41 bits per heavy atom. The number of carbonyl (C=O) groups excluding carboxylic acids is 2. The molecule has 6 heteroatoms. The number of carbonyl (C=O) groups is 2. The van der Waals surface area contributed by atoms with Crippen molar-refractivity contribution < 1.29 is 19.2 Å². The molecule has 6 nitrogen and oxygen atoms in total. The molecular weight excluding hydrogens is 370 g/mol. The summed E-state index contributed by atoms with van der Waals surface area (Å²) in [5, 5.41) is 11.5. The van der Waals surface area contributed by atoms with E-state index in [1.165, 1.54) is 6.07 Å². The van der Waals surface area contributed by atoms with Gasteiger partial charge in [0, 0.05) is 24.0 Å². The van der Waals surface area contributed by atoms with E-state index in [4.69, 9.17) is 4.74 Å². The summed E-state index contributed by atoms with van der Waals surface area (Å²) >= 11 is 0. The fourth-order valence-corrected chi connectivity index (χ4v) is 7.56. The molecule has 0 aromatic heterocycles. The van der Waals surface area contributed by atoms with Crippen molar-refractivity contribution in [1.29, 1.82) is 0 Å². The first kappa shape index (κ1) is 15.6. The van der Waals surface area contributed by atoms with Crippen LogP contribution in [0.4, 0.5) is 5.69 Å². The van der Waals surface area contributed by atoms with E-state index >= 15 is 0 Å². The third-order valence-electron chi connectivity index (χ3n) is 8.23. The van der Waals surface area contributed by atoms with Gasteiger partial charge in [-0.05, 0) is 40.5 Å². The molecule has 5 aliphatic carbocycles. The highest BCUT2D eigenvalue weighted by molar-refractivity contribution is 6.07. The maximum absolute atomic E-state index is 13.4. The Morgan fingerprint density at radius 1 is 0.862 bits per heavy atom. The molecule has 142 valence electrons. The van der Waals surface area contributed by atoms with Crippen molar-refractivity contribution in [3.05, 3.63) is 87.0 Å². The number of non-ortho nitro benzene ring substituents is 1. The van der Waals surface area contributed by atoms with Crippen LogP contribution in [0, 0.1) is 32.8 Å². The van der Waals surface area contributed by atoms with Gasteiger partial charge in [0.1, 0.15) is 10.8 Å². The van der Waals surface area contributed by atoms with Crippen molar-refractivity contribution >= 4 is 17.6 Å². The molecule has 1 heterocycles. The Labute approximate surface area is 165 Å². The van der Waals surface area contributed by atoms with Crippen LogP contribution in [-0.2, 0) is 14.3 Å². The number of hydrogen-bond acceptors (Lipinski definition) is 5. The van der Waals surface area contributed by atoms with Gasteiger partial charge >= 0.3 is 11.9 Å². The van der Waals surface area contributed by atoms with Crippen LogP contribution in [0.25, 0.3) is 0 Å². The van der Waals surface area contributed by atoms with Gasteiger partial charge in [-0.2, -0.15) is 0 Å². The molecule has 2 aromatic rings. The van der Waals surface area contributed by atoms with Gasteiger partial charge in [0.25, 0.3) is 5.69 Å². The van der Waals surface area contributed by atoms with Crippen LogP contribution in [0.5, 0.6) is 0 Å². The number of nitrogens with zero attached hydrogens (tertiary/aromatic N) is 1. The van der Waals surface area contributed by atoms with Gasteiger partial charge in [0.05, 0.1) is 4.92 Å². The second kappa shape index (κ2) is 4.48. The van der Waals surface area contributed by atoms with E-state index in [1.54, 1.807) is 12.1 Å². The van der Waals surface area contributed by atoms with E-state index in [2.05, 4.69) is 12.2 Å². The van der Waals surface area contributed by atoms with Crippen molar-refractivity contribution in [1.82, 2.24) is 0 Å². The number of ether oxygens (including phenoxy) is 1. The highest BCUT2D eigenvalue weighted by Crippen LogP contribution is 2.82. The molecular formula is C23H15NO5. The Kier molecular flexibility index (Phi) is 2.41. The number of cyclic esters (lactones) is 2. The Bertz CT molecular complexity index is 1230. The molecule has 0 unspecified atom stereocenters. The number of fused-ring (bicyclic) bond motifs is 2. The third kappa shape index (κ3) is 1.31. The van der Waals surface area contributed by atoms with E-state index in [-0.39, 0.29) is 23.4 Å². The zero-order valence-corrected chi connectivity index (χ0v) is 15.2. The molecule has 4 bridgehead atoms. The van der Waals surface area contributed by atoms with Gasteiger partial charge in [0.15, 0.2) is 0 Å². The Hall–Kier alpha value is -3.28. The molecule has 6 atom stereocenters. The molecule has 1 aliphatic heterocycles. The van der Waals surface area contributed by atoms with Gasteiger partial charge in [-0.3, -0.25) is 19.7 Å². The SMILES string of the molecule is O=C1OC(=O)[C@]23[C@H]4c5ccccc5[C@H](c5ccc([N+](=O)[O-])cc54)[C@]12[C@@H]1C=C[C@H]3C1. The molecule has 0 radical (unpaired) electrons. The lowest BCUT2D eigenvalue weighted by Crippen LogP contribution is -2.60. The largest absolute Gasteiger partial charge is 0.392 e. The fraction of sp³-hybridized carbons (Fsp3) is 0.304. The third-order valence-corrected chi connectivity index (χ3v) is 8.23. The van der Waals surface area contributed by atoms with Gasteiger partial charge in [-0.15, -0.1) is 0 Å². The minimum atomic E-state index is -1.01. The minimum Gasteiger partial charge on any atom is -0.392 e. The van der Waals surface area contributed by atoms with Crippen molar-refractivity contribution in [3.8, 4) is 0 Å². The molecule has 0 N–H and O–H groups in total. The Morgan fingerprint density at radius 3 is 2.00 bits per heavy atom. The van der Waals surface area contributed by atoms with Crippen LogP contribution in [0.15, 0.2) is 54.6 Å². The maximum Gasteiger partial charge on any atom is 0.322 e. The zero-order valence-electron chi connectivity index (χ0n) is 15.2. The molecule has 1 saturated heterocycles. The summed E-state index contributed by atoms with van der Waals surface area (Å²) in [6.45, 7) is 0. The summed E-state index contributed by atoms with van der Waals surface area (Å²) < 4.78 is 5.41. The molecule has 0 amide bonds. The number of allylic oxidation sites excluding steroid dienone is 2. The quantitative estimate of drug-likeness (QED) is 0.247. The summed E-state index contributed by atoms with van der Waals surface area (Å²) in [6, 6.07) is 12.8. The maximum atomic E-state index is 13.4. The van der Waals surface area contributed by atoms with E-state index in [9.17, 15) is 19.7 Å². The lowest BCUT2D eigenvalue weighted by molar-refractivity contribution is -0.385. The lowest BCUT2D eigenvalue weighted by Gasteiger charge is -2.58. The first-order chi connectivity index (χ1) is 14.0. The van der Waals surface area contributed by atoms with Crippen molar-refractivity contribution in [2.24, 2.45) is 22.7 Å². The van der Waals surface area contributed by atoms with Gasteiger partial charge in [0.2, 0.25) is 0 Å². The molecule has 29 heavy (non-hydrogen) atoms. The zero-order chi connectivity index (χ0) is 19.7. The van der Waals surface area contributed by atoms with Gasteiger partial charge < -0.3 is 4.74 Å². The van der Waals surface area contributed by atoms with Crippen molar-refractivity contribution in [2.75, 3.05) is 0 Å². The van der Waals surface area contributed by atoms with Crippen LogP contribution in [0.3, 0.4) is 0 Å². The highest BCUT2D eigenvalue weighted by atomic mass is 16.6. The molecule has 2 aromatic carbocycles. The smallest absolute Gasteiger partial charge is 0.322 e. The minimum absolute atomic E-state index is 0.00664. The number of nitro groups is 1. The predicted octanol–water partition coefficient (Wildman–Crippen LogP) is 3.45. The normalized spacial score (nSPS) is 39.0. The molecule has 0 spiro atoms. The van der Waals surface area contributed by atoms with Crippen LogP contribution in [-0.4, -0.2) is 16.9 Å². The van der Waals surface area contributed by atoms with Crippen LogP contribution in [0.1, 0.15) is 40.5 Å². The average Bonchev–Trinajstić information content (AvgIpc) is 3.39. The highest BCUT2D eigenvalue weighted by Gasteiger charge is 2.86. The van der Waals surface area contributed by atoms with Crippen LogP contribution >= 0.6 is 0 Å². The monoisotopic (exact) mass is 385 g/mol. The molecule has 2 fully saturated rings. The van der Waals surface area contributed by atoms with Crippen LogP contribution in [0.2, 0.25) is 0 Å². The second-order valence-electron chi connectivity index (χ2n) is 8.81.